The number of amides is 2. The zero-order valence-electron chi connectivity index (χ0n) is 14.1. The van der Waals surface area contributed by atoms with Gasteiger partial charge in [0.15, 0.2) is 0 Å². The second-order valence-electron chi connectivity index (χ2n) is 5.99. The number of carbonyl (C=O) groups excluding carboxylic acids is 2. The van der Waals surface area contributed by atoms with Gasteiger partial charge in [-0.2, -0.15) is 0 Å². The number of benzene rings is 2. The van der Waals surface area contributed by atoms with Crippen molar-refractivity contribution < 1.29 is 9.59 Å². The molecule has 0 saturated carbocycles. The molecule has 0 unspecified atom stereocenters. The van der Waals surface area contributed by atoms with Crippen molar-refractivity contribution >= 4 is 40.7 Å². The molecule has 0 radical (unpaired) electrons. The Kier molecular flexibility index (Phi) is 6.01. The lowest BCUT2D eigenvalue weighted by atomic mass is 10.2. The Hall–Kier alpha value is -2.24. The highest BCUT2D eigenvalue weighted by Gasteiger charge is 2.22. The molecule has 1 aliphatic rings. The van der Waals surface area contributed by atoms with Gasteiger partial charge in [0.2, 0.25) is 5.91 Å². The Morgan fingerprint density at radius 2 is 1.62 bits per heavy atom. The van der Waals surface area contributed by atoms with Crippen molar-refractivity contribution in [3.8, 4) is 0 Å². The number of halogens is 2. The van der Waals surface area contributed by atoms with Gasteiger partial charge in [0.05, 0.1) is 22.2 Å². The summed E-state index contributed by atoms with van der Waals surface area (Å²) < 4.78 is 0. The van der Waals surface area contributed by atoms with E-state index in [1.54, 1.807) is 23.1 Å². The molecule has 1 aliphatic heterocycles. The maximum atomic E-state index is 12.4. The van der Waals surface area contributed by atoms with Gasteiger partial charge in [-0.1, -0.05) is 47.5 Å². The summed E-state index contributed by atoms with van der Waals surface area (Å²) in [5, 5.41) is 3.12. The topological polar surface area (TPSA) is 52.7 Å². The fourth-order valence-electron chi connectivity index (χ4n) is 2.89. The molecular formula is C19H19Cl2N3O2. The third-order valence-electron chi connectivity index (χ3n) is 4.35. The SMILES string of the molecule is O=C(NCC(=O)N1CCN(c2ccccc2)CC1)c1cccc(Cl)c1Cl. The molecule has 1 saturated heterocycles. The molecule has 26 heavy (non-hydrogen) atoms. The summed E-state index contributed by atoms with van der Waals surface area (Å²) in [4.78, 5) is 28.6. The molecular weight excluding hydrogens is 373 g/mol. The summed E-state index contributed by atoms with van der Waals surface area (Å²) in [7, 11) is 0. The molecule has 1 heterocycles. The maximum absolute atomic E-state index is 12.4. The van der Waals surface area contributed by atoms with Gasteiger partial charge >= 0.3 is 0 Å². The minimum Gasteiger partial charge on any atom is -0.368 e. The van der Waals surface area contributed by atoms with Crippen molar-refractivity contribution in [2.24, 2.45) is 0 Å². The molecule has 5 nitrogen and oxygen atoms in total. The first kappa shape index (κ1) is 18.5. The minimum absolute atomic E-state index is 0.0625. The van der Waals surface area contributed by atoms with Crippen LogP contribution in [0, 0.1) is 0 Å². The van der Waals surface area contributed by atoms with Gasteiger partial charge in [-0.25, -0.2) is 0 Å². The van der Waals surface area contributed by atoms with Crippen molar-refractivity contribution in [2.45, 2.75) is 0 Å². The molecule has 136 valence electrons. The summed E-state index contributed by atoms with van der Waals surface area (Å²) in [6.07, 6.45) is 0. The molecule has 3 rings (SSSR count). The predicted molar refractivity (Wildman–Crippen MR) is 104 cm³/mol. The van der Waals surface area contributed by atoms with Gasteiger partial charge in [0.25, 0.3) is 5.91 Å². The average Bonchev–Trinajstić information content (AvgIpc) is 2.69. The minimum atomic E-state index is -0.409. The van der Waals surface area contributed by atoms with Crippen LogP contribution in [0.15, 0.2) is 48.5 Å². The number of piperazine rings is 1. The fourth-order valence-corrected chi connectivity index (χ4v) is 3.28. The lowest BCUT2D eigenvalue weighted by molar-refractivity contribution is -0.130. The highest BCUT2D eigenvalue weighted by molar-refractivity contribution is 6.43. The standard InChI is InChI=1S/C19H19Cl2N3O2/c20-16-8-4-7-15(18(16)21)19(26)22-13-17(25)24-11-9-23(10-12-24)14-5-2-1-3-6-14/h1-8H,9-13H2,(H,22,26). The molecule has 2 aromatic carbocycles. The summed E-state index contributed by atoms with van der Waals surface area (Å²) in [5.41, 5.74) is 1.42. The molecule has 2 aromatic rings. The monoisotopic (exact) mass is 391 g/mol. The van der Waals surface area contributed by atoms with Crippen molar-refractivity contribution in [3.05, 3.63) is 64.1 Å². The van der Waals surface area contributed by atoms with Gasteiger partial charge in [0.1, 0.15) is 0 Å². The van der Waals surface area contributed by atoms with Gasteiger partial charge in [0, 0.05) is 31.9 Å². The summed E-state index contributed by atoms with van der Waals surface area (Å²) >= 11 is 11.9. The van der Waals surface area contributed by atoms with E-state index < -0.39 is 5.91 Å². The van der Waals surface area contributed by atoms with Crippen LogP contribution in [0.5, 0.6) is 0 Å². The molecule has 0 bridgehead atoms. The first-order chi connectivity index (χ1) is 12.6. The van der Waals surface area contributed by atoms with Crippen molar-refractivity contribution in [3.63, 3.8) is 0 Å². The zero-order valence-corrected chi connectivity index (χ0v) is 15.6. The number of hydrogen-bond donors (Lipinski definition) is 1. The lowest BCUT2D eigenvalue weighted by Gasteiger charge is -2.36. The Morgan fingerprint density at radius 1 is 0.923 bits per heavy atom. The number of rotatable bonds is 4. The largest absolute Gasteiger partial charge is 0.368 e. The van der Waals surface area contributed by atoms with E-state index >= 15 is 0 Å². The van der Waals surface area contributed by atoms with Crippen LogP contribution >= 0.6 is 23.2 Å². The zero-order chi connectivity index (χ0) is 18.5. The summed E-state index contributed by atoms with van der Waals surface area (Å²) in [6, 6.07) is 14.9. The number of nitrogens with zero attached hydrogens (tertiary/aromatic N) is 2. The van der Waals surface area contributed by atoms with Crippen molar-refractivity contribution in [2.75, 3.05) is 37.6 Å². The highest BCUT2D eigenvalue weighted by Crippen LogP contribution is 2.25. The van der Waals surface area contributed by atoms with Crippen molar-refractivity contribution in [1.82, 2.24) is 10.2 Å². The smallest absolute Gasteiger partial charge is 0.253 e. The van der Waals surface area contributed by atoms with Gasteiger partial charge < -0.3 is 15.1 Å². The second-order valence-corrected chi connectivity index (χ2v) is 6.77. The number of anilines is 1. The van der Waals surface area contributed by atoms with E-state index in [2.05, 4.69) is 22.3 Å². The third-order valence-corrected chi connectivity index (χ3v) is 5.17. The first-order valence-electron chi connectivity index (χ1n) is 8.36. The third kappa shape index (κ3) is 4.29. The summed E-state index contributed by atoms with van der Waals surface area (Å²) in [5.74, 6) is -0.516. The van der Waals surface area contributed by atoms with Crippen LogP contribution in [-0.4, -0.2) is 49.4 Å². The quantitative estimate of drug-likeness (QED) is 0.870. The van der Waals surface area contributed by atoms with E-state index in [0.717, 1.165) is 18.8 Å². The van der Waals surface area contributed by atoms with Gasteiger partial charge in [-0.3, -0.25) is 9.59 Å². The Labute approximate surface area is 162 Å². The van der Waals surface area contributed by atoms with E-state index in [-0.39, 0.29) is 23.0 Å². The number of carbonyl (C=O) groups is 2. The molecule has 0 aliphatic carbocycles. The van der Waals surface area contributed by atoms with Crippen LogP contribution in [0.4, 0.5) is 5.69 Å². The van der Waals surface area contributed by atoms with Gasteiger partial charge in [-0.15, -0.1) is 0 Å². The van der Waals surface area contributed by atoms with E-state index in [0.29, 0.717) is 18.1 Å². The lowest BCUT2D eigenvalue weighted by Crippen LogP contribution is -2.51. The number of para-hydroxylation sites is 1. The predicted octanol–water partition coefficient (Wildman–Crippen LogP) is 3.07. The normalized spacial score (nSPS) is 14.2. The highest BCUT2D eigenvalue weighted by atomic mass is 35.5. The van der Waals surface area contributed by atoms with Crippen LogP contribution in [0.1, 0.15) is 10.4 Å². The Bertz CT molecular complexity index is 791. The van der Waals surface area contributed by atoms with Crippen LogP contribution < -0.4 is 10.2 Å². The average molecular weight is 392 g/mol. The number of nitrogens with one attached hydrogen (secondary N) is 1. The first-order valence-corrected chi connectivity index (χ1v) is 9.12. The molecule has 7 heteroatoms. The molecule has 1 fully saturated rings. The number of hydrogen-bond acceptors (Lipinski definition) is 3. The molecule has 0 spiro atoms. The fraction of sp³-hybridized carbons (Fsp3) is 0.263. The van der Waals surface area contributed by atoms with E-state index in [1.165, 1.54) is 0 Å². The molecule has 0 aromatic heterocycles. The van der Waals surface area contributed by atoms with E-state index in [4.69, 9.17) is 23.2 Å². The second kappa shape index (κ2) is 8.43. The van der Waals surface area contributed by atoms with Crippen LogP contribution in [-0.2, 0) is 4.79 Å². The molecule has 2 amide bonds. The van der Waals surface area contributed by atoms with Crippen LogP contribution in [0.2, 0.25) is 10.0 Å². The van der Waals surface area contributed by atoms with Gasteiger partial charge in [-0.05, 0) is 24.3 Å². The van der Waals surface area contributed by atoms with E-state index in [1.807, 2.05) is 18.2 Å². The molecule has 1 N–H and O–H groups in total. The van der Waals surface area contributed by atoms with E-state index in [9.17, 15) is 9.59 Å². The summed E-state index contributed by atoms with van der Waals surface area (Å²) in [6.45, 7) is 2.73. The van der Waals surface area contributed by atoms with Crippen LogP contribution in [0.3, 0.4) is 0 Å². The maximum Gasteiger partial charge on any atom is 0.253 e. The van der Waals surface area contributed by atoms with Crippen LogP contribution in [0.25, 0.3) is 0 Å². The van der Waals surface area contributed by atoms with Crippen molar-refractivity contribution in [1.29, 1.82) is 0 Å². The Balaban J connectivity index is 1.50. The molecule has 0 atom stereocenters. The Morgan fingerprint density at radius 3 is 2.31 bits per heavy atom.